The van der Waals surface area contributed by atoms with Crippen molar-refractivity contribution in [2.24, 2.45) is 0 Å². The molecule has 0 aromatic rings. The maximum atomic E-state index is 12.9. The molecule has 0 spiro atoms. The van der Waals surface area contributed by atoms with E-state index in [0.717, 1.165) is 0 Å². The van der Waals surface area contributed by atoms with E-state index in [-0.39, 0.29) is 19.1 Å². The first-order valence-electron chi connectivity index (χ1n) is 3.85. The smallest absolute Gasteiger partial charge is 0.320 e. The van der Waals surface area contributed by atoms with Crippen LogP contribution in [0.4, 0.5) is 4.39 Å². The Morgan fingerprint density at radius 3 is 2.75 bits per heavy atom. The number of carbonyl (C=O) groups is 1. The summed E-state index contributed by atoms with van der Waals surface area (Å²) in [5.41, 5.74) is -1.32. The number of hydrogen-bond donors (Lipinski definition) is 0. The molecule has 0 saturated heterocycles. The van der Waals surface area contributed by atoms with Gasteiger partial charge in [0.2, 0.25) is 0 Å². The van der Waals surface area contributed by atoms with Crippen LogP contribution in [0.25, 0.3) is 0 Å². The van der Waals surface area contributed by atoms with E-state index in [4.69, 9.17) is 4.74 Å². The van der Waals surface area contributed by atoms with E-state index in [9.17, 15) is 9.18 Å². The molecule has 0 N–H and O–H groups in total. The van der Waals surface area contributed by atoms with Gasteiger partial charge < -0.3 is 4.74 Å². The number of esters is 1. The second-order valence-corrected chi connectivity index (χ2v) is 3.34. The lowest BCUT2D eigenvalue weighted by atomic mass is 10.4. The fourth-order valence-corrected chi connectivity index (χ4v) is 0.733. The molecule has 1 atom stereocenters. The molecule has 12 heavy (non-hydrogen) atoms. The Morgan fingerprint density at radius 2 is 2.33 bits per heavy atom. The maximum absolute atomic E-state index is 12.9. The summed E-state index contributed by atoms with van der Waals surface area (Å²) in [7, 11) is 3.52. The number of carbonyl (C=O) groups excluding carboxylic acids is 1. The maximum Gasteiger partial charge on any atom is 0.320 e. The van der Waals surface area contributed by atoms with Crippen LogP contribution in [0.2, 0.25) is 0 Å². The fourth-order valence-electron chi connectivity index (χ4n) is 0.733. The van der Waals surface area contributed by atoms with E-state index in [1.807, 2.05) is 0 Å². The number of alkyl halides is 1. The summed E-state index contributed by atoms with van der Waals surface area (Å²) in [4.78, 5) is 12.6. The first-order chi connectivity index (χ1) is 5.52. The molecular formula is C8H13FNO2. The fraction of sp³-hybridized carbons (Fsp3) is 0.750. The average Bonchev–Trinajstić information content (AvgIpc) is 2.64. The summed E-state index contributed by atoms with van der Waals surface area (Å²) in [5, 5.41) is 0. The Bertz CT molecular complexity index is 178. The summed E-state index contributed by atoms with van der Waals surface area (Å²) in [6.07, 6.45) is 1.90. The molecule has 69 valence electrons. The molecule has 1 saturated carbocycles. The first kappa shape index (κ1) is 9.45. The van der Waals surface area contributed by atoms with Gasteiger partial charge in [-0.15, -0.1) is 0 Å². The molecule has 1 unspecified atom stereocenters. The van der Waals surface area contributed by atoms with Crippen LogP contribution < -0.4 is 0 Å². The molecule has 0 aromatic heterocycles. The Morgan fingerprint density at radius 1 is 1.75 bits per heavy atom. The second-order valence-electron chi connectivity index (χ2n) is 3.34. The summed E-state index contributed by atoms with van der Waals surface area (Å²) in [5.74, 6) is -0.377. The van der Waals surface area contributed by atoms with Crippen molar-refractivity contribution in [3.05, 3.63) is 6.42 Å². The van der Waals surface area contributed by atoms with E-state index in [1.165, 1.54) is 6.42 Å². The molecular weight excluding hydrogens is 161 g/mol. The quantitative estimate of drug-likeness (QED) is 0.578. The molecule has 0 heterocycles. The molecule has 1 fully saturated rings. The Balaban J connectivity index is 2.10. The molecule has 4 heteroatoms. The topological polar surface area (TPSA) is 29.5 Å². The Kier molecular flexibility index (Phi) is 2.67. The van der Waals surface area contributed by atoms with Crippen LogP contribution in [0.3, 0.4) is 0 Å². The number of rotatable bonds is 4. The second kappa shape index (κ2) is 3.39. The monoisotopic (exact) mass is 174 g/mol. The Labute approximate surface area is 71.5 Å². The number of nitrogens with zero attached hydrogens (tertiary/aromatic N) is 1. The van der Waals surface area contributed by atoms with Crippen molar-refractivity contribution in [1.82, 2.24) is 4.90 Å². The van der Waals surface area contributed by atoms with E-state index in [0.29, 0.717) is 6.42 Å². The normalized spacial score (nSPS) is 19.3. The lowest BCUT2D eigenvalue weighted by Crippen LogP contribution is -2.26. The van der Waals surface area contributed by atoms with Crippen molar-refractivity contribution in [1.29, 1.82) is 0 Å². The minimum absolute atomic E-state index is 0.125. The average molecular weight is 174 g/mol. The van der Waals surface area contributed by atoms with Crippen LogP contribution in [0.15, 0.2) is 0 Å². The largest absolute Gasteiger partial charge is 0.461 e. The Hall–Kier alpha value is -0.640. The standard InChI is InChI=1S/C8H13FNO2/c1-10(2)5-7(11)12-6-8(9)3-4-8/h3H,4-6H2,1-2H3. The third kappa shape index (κ3) is 3.17. The molecule has 0 bridgehead atoms. The molecule has 0 aliphatic heterocycles. The summed E-state index contributed by atoms with van der Waals surface area (Å²) in [6.45, 7) is 0.0791. The molecule has 0 amide bonds. The molecule has 1 rings (SSSR count). The van der Waals surface area contributed by atoms with Gasteiger partial charge in [0.05, 0.1) is 6.54 Å². The van der Waals surface area contributed by atoms with Gasteiger partial charge in [0.15, 0.2) is 0 Å². The highest BCUT2D eigenvalue weighted by Gasteiger charge is 2.45. The van der Waals surface area contributed by atoms with Gasteiger partial charge in [0, 0.05) is 6.42 Å². The molecule has 1 aliphatic carbocycles. The van der Waals surface area contributed by atoms with E-state index in [2.05, 4.69) is 0 Å². The van der Waals surface area contributed by atoms with Crippen LogP contribution in [0.1, 0.15) is 6.42 Å². The number of likely N-dealkylation sites (N-methyl/N-ethyl adjacent to an activating group) is 1. The van der Waals surface area contributed by atoms with Crippen LogP contribution in [0, 0.1) is 6.42 Å². The number of ether oxygens (including phenoxy) is 1. The van der Waals surface area contributed by atoms with Crippen LogP contribution in [0.5, 0.6) is 0 Å². The third-order valence-corrected chi connectivity index (χ3v) is 1.57. The SMILES string of the molecule is CN(C)CC(=O)OCC1(F)[CH]C1. The van der Waals surface area contributed by atoms with Gasteiger partial charge in [0.1, 0.15) is 12.3 Å². The van der Waals surface area contributed by atoms with Gasteiger partial charge in [-0.25, -0.2) is 4.39 Å². The van der Waals surface area contributed by atoms with E-state index in [1.54, 1.807) is 19.0 Å². The minimum Gasteiger partial charge on any atom is -0.461 e. The van der Waals surface area contributed by atoms with Gasteiger partial charge in [-0.05, 0) is 20.5 Å². The van der Waals surface area contributed by atoms with Crippen molar-refractivity contribution in [2.45, 2.75) is 12.1 Å². The predicted octanol–water partition coefficient (Wildman–Crippen LogP) is 0.407. The van der Waals surface area contributed by atoms with Crippen LogP contribution in [-0.4, -0.2) is 43.8 Å². The van der Waals surface area contributed by atoms with E-state index < -0.39 is 5.67 Å². The number of halogens is 1. The molecule has 3 nitrogen and oxygen atoms in total. The zero-order chi connectivity index (χ0) is 9.19. The molecule has 1 aliphatic rings. The van der Waals surface area contributed by atoms with Gasteiger partial charge in [-0.1, -0.05) is 0 Å². The van der Waals surface area contributed by atoms with Crippen LogP contribution >= 0.6 is 0 Å². The van der Waals surface area contributed by atoms with Crippen molar-refractivity contribution < 1.29 is 13.9 Å². The lowest BCUT2D eigenvalue weighted by Gasteiger charge is -2.10. The first-order valence-corrected chi connectivity index (χ1v) is 3.85. The lowest BCUT2D eigenvalue weighted by molar-refractivity contribution is -0.146. The van der Waals surface area contributed by atoms with Crippen molar-refractivity contribution >= 4 is 5.97 Å². The van der Waals surface area contributed by atoms with Gasteiger partial charge in [-0.2, -0.15) is 0 Å². The number of hydrogen-bond acceptors (Lipinski definition) is 3. The summed E-state index contributed by atoms with van der Waals surface area (Å²) in [6, 6.07) is 0. The zero-order valence-electron chi connectivity index (χ0n) is 7.34. The zero-order valence-corrected chi connectivity index (χ0v) is 7.34. The molecule has 1 radical (unpaired) electrons. The van der Waals surface area contributed by atoms with Crippen molar-refractivity contribution in [3.8, 4) is 0 Å². The highest BCUT2D eigenvalue weighted by atomic mass is 19.1. The summed E-state index contributed by atoms with van der Waals surface area (Å²) >= 11 is 0. The van der Waals surface area contributed by atoms with Gasteiger partial charge >= 0.3 is 5.97 Å². The van der Waals surface area contributed by atoms with E-state index >= 15 is 0 Å². The highest BCUT2D eigenvalue weighted by Crippen LogP contribution is 2.38. The predicted molar refractivity (Wildman–Crippen MR) is 42.3 cm³/mol. The highest BCUT2D eigenvalue weighted by molar-refractivity contribution is 5.71. The van der Waals surface area contributed by atoms with Gasteiger partial charge in [0.25, 0.3) is 0 Å². The third-order valence-electron chi connectivity index (χ3n) is 1.57. The van der Waals surface area contributed by atoms with Gasteiger partial charge in [-0.3, -0.25) is 9.69 Å². The minimum atomic E-state index is -1.32. The van der Waals surface area contributed by atoms with Crippen molar-refractivity contribution in [2.75, 3.05) is 27.2 Å². The van der Waals surface area contributed by atoms with Crippen LogP contribution in [-0.2, 0) is 9.53 Å². The summed E-state index contributed by atoms with van der Waals surface area (Å²) < 4.78 is 17.5. The van der Waals surface area contributed by atoms with Crippen molar-refractivity contribution in [3.63, 3.8) is 0 Å². The molecule has 0 aromatic carbocycles.